The van der Waals surface area contributed by atoms with E-state index in [4.69, 9.17) is 5.11 Å². The Morgan fingerprint density at radius 2 is 1.82 bits per heavy atom. The van der Waals surface area contributed by atoms with Crippen molar-refractivity contribution >= 4 is 11.9 Å². The first kappa shape index (κ1) is 12.2. The minimum absolute atomic E-state index is 0.304. The highest BCUT2D eigenvalue weighted by Crippen LogP contribution is 2.57. The fourth-order valence-corrected chi connectivity index (χ4v) is 2.97. The third-order valence-electron chi connectivity index (χ3n) is 4.00. The second-order valence-corrected chi connectivity index (χ2v) is 4.72. The molecule has 17 heavy (non-hydrogen) atoms. The van der Waals surface area contributed by atoms with Gasteiger partial charge in [0.25, 0.3) is 0 Å². The van der Waals surface area contributed by atoms with Crippen LogP contribution in [0.15, 0.2) is 0 Å². The van der Waals surface area contributed by atoms with E-state index in [1.165, 1.54) is 0 Å². The highest BCUT2D eigenvalue weighted by molar-refractivity contribution is 5.82. The van der Waals surface area contributed by atoms with Gasteiger partial charge in [0.15, 0.2) is 0 Å². The average molecular weight is 251 g/mol. The number of nitrogens with one attached hydrogen (secondary N) is 1. The van der Waals surface area contributed by atoms with Gasteiger partial charge in [-0.05, 0) is 31.6 Å². The summed E-state index contributed by atoms with van der Waals surface area (Å²) in [5, 5.41) is 11.0. The van der Waals surface area contributed by atoms with Gasteiger partial charge in [-0.25, -0.2) is 0 Å². The van der Waals surface area contributed by atoms with E-state index in [0.29, 0.717) is 25.7 Å². The van der Waals surface area contributed by atoms with Crippen molar-refractivity contribution in [2.75, 3.05) is 0 Å². The van der Waals surface area contributed by atoms with E-state index >= 15 is 0 Å². The molecule has 2 N–H and O–H groups in total. The van der Waals surface area contributed by atoms with Gasteiger partial charge in [0.1, 0.15) is 0 Å². The molecule has 0 bridgehead atoms. The van der Waals surface area contributed by atoms with Crippen LogP contribution in [0, 0.1) is 11.3 Å². The molecule has 0 aliphatic heterocycles. The molecular weight excluding hydrogens is 239 g/mol. The number of carboxylic acids is 1. The highest BCUT2D eigenvalue weighted by atomic mass is 19.4. The summed E-state index contributed by atoms with van der Waals surface area (Å²) in [6, 6.07) is -0.658. The number of alkyl halides is 3. The van der Waals surface area contributed by atoms with Crippen LogP contribution in [0.5, 0.6) is 0 Å². The van der Waals surface area contributed by atoms with Gasteiger partial charge in [0.2, 0.25) is 0 Å². The van der Waals surface area contributed by atoms with Gasteiger partial charge in [-0.15, -0.1) is 0 Å². The van der Waals surface area contributed by atoms with E-state index < -0.39 is 29.5 Å². The van der Waals surface area contributed by atoms with Crippen LogP contribution in [0.2, 0.25) is 0 Å². The van der Waals surface area contributed by atoms with Crippen molar-refractivity contribution in [2.24, 2.45) is 11.3 Å². The summed E-state index contributed by atoms with van der Waals surface area (Å²) in [7, 11) is 0. The van der Waals surface area contributed by atoms with Crippen LogP contribution in [0.3, 0.4) is 0 Å². The number of hydrogen-bond donors (Lipinski definition) is 2. The normalized spacial score (nSPS) is 35.9. The van der Waals surface area contributed by atoms with Crippen LogP contribution in [0.25, 0.3) is 0 Å². The largest absolute Gasteiger partial charge is 0.481 e. The van der Waals surface area contributed by atoms with Crippen LogP contribution in [0.1, 0.15) is 25.7 Å². The molecule has 2 saturated carbocycles. The number of carbonyl (C=O) groups excluding carboxylic acids is 1. The van der Waals surface area contributed by atoms with Crippen molar-refractivity contribution in [1.29, 1.82) is 0 Å². The first-order valence-corrected chi connectivity index (χ1v) is 5.38. The number of carbonyl (C=O) groups is 2. The van der Waals surface area contributed by atoms with Gasteiger partial charge in [-0.3, -0.25) is 9.59 Å². The van der Waals surface area contributed by atoms with Crippen molar-refractivity contribution in [3.8, 4) is 0 Å². The molecule has 0 aromatic rings. The molecule has 2 aliphatic rings. The summed E-state index contributed by atoms with van der Waals surface area (Å²) < 4.78 is 36.2. The fourth-order valence-electron chi connectivity index (χ4n) is 2.97. The minimum atomic E-state index is -4.90. The molecule has 2 rings (SSSR count). The molecule has 0 unspecified atom stereocenters. The zero-order chi connectivity index (χ0) is 12.8. The lowest BCUT2D eigenvalue weighted by molar-refractivity contribution is -0.175. The Kier molecular flexibility index (Phi) is 2.59. The molecule has 0 radical (unpaired) electrons. The molecule has 0 spiro atoms. The number of fused-ring (bicyclic) bond motifs is 1. The van der Waals surface area contributed by atoms with Gasteiger partial charge in [-0.2, -0.15) is 13.2 Å². The fraction of sp³-hybridized carbons (Fsp3) is 0.800. The maximum Gasteiger partial charge on any atom is 0.471 e. The molecule has 1 amide bonds. The summed E-state index contributed by atoms with van der Waals surface area (Å²) in [5.41, 5.74) is -0.899. The predicted octanol–water partition coefficient (Wildman–Crippen LogP) is 1.31. The first-order valence-electron chi connectivity index (χ1n) is 5.38. The summed E-state index contributed by atoms with van der Waals surface area (Å²) in [6.07, 6.45) is -3.20. The molecule has 2 aliphatic carbocycles. The molecule has 96 valence electrons. The Bertz CT molecular complexity index is 368. The topological polar surface area (TPSA) is 66.4 Å². The Hall–Kier alpha value is -1.27. The monoisotopic (exact) mass is 251 g/mol. The van der Waals surface area contributed by atoms with Gasteiger partial charge >= 0.3 is 18.1 Å². The van der Waals surface area contributed by atoms with E-state index in [9.17, 15) is 22.8 Å². The molecule has 0 heterocycles. The predicted molar refractivity (Wildman–Crippen MR) is 50.0 cm³/mol. The Labute approximate surface area is 95.2 Å². The second kappa shape index (κ2) is 3.61. The molecule has 2 fully saturated rings. The average Bonchev–Trinajstić information content (AvgIpc) is 2.36. The summed E-state index contributed by atoms with van der Waals surface area (Å²) in [5.74, 6) is -3.29. The van der Waals surface area contributed by atoms with Gasteiger partial charge in [-0.1, -0.05) is 0 Å². The standard InChI is InChI=1S/C10H12F3NO3/c11-10(12,13)7(15)14-6-2-4-9(8(16)17)3-1-5(6)9/h5-6H,1-4H2,(H,14,15)(H,16,17)/t5-,6-,9-/m0/s1. The number of rotatable bonds is 2. The van der Waals surface area contributed by atoms with Gasteiger partial charge < -0.3 is 10.4 Å². The van der Waals surface area contributed by atoms with E-state index in [1.807, 2.05) is 5.32 Å². The number of hydrogen-bond acceptors (Lipinski definition) is 2. The van der Waals surface area contributed by atoms with Crippen LogP contribution >= 0.6 is 0 Å². The number of carboxylic acid groups (broad SMARTS) is 1. The van der Waals surface area contributed by atoms with Gasteiger partial charge in [0, 0.05) is 6.04 Å². The molecule has 0 aromatic heterocycles. The van der Waals surface area contributed by atoms with Crippen molar-refractivity contribution in [1.82, 2.24) is 5.32 Å². The lowest BCUT2D eigenvalue weighted by Crippen LogP contribution is -2.52. The van der Waals surface area contributed by atoms with Crippen LogP contribution in [-0.2, 0) is 9.59 Å². The van der Waals surface area contributed by atoms with E-state index in [1.54, 1.807) is 0 Å². The Balaban J connectivity index is 2.03. The molecule has 7 heteroatoms. The number of aliphatic carboxylic acids is 1. The van der Waals surface area contributed by atoms with Gasteiger partial charge in [0.05, 0.1) is 5.41 Å². The maximum absolute atomic E-state index is 12.1. The molecule has 0 saturated heterocycles. The zero-order valence-corrected chi connectivity index (χ0v) is 8.88. The SMILES string of the molecule is O=C(N[C@H]1CC[C@@]2(C(=O)O)CC[C@@H]12)C(F)(F)F. The van der Waals surface area contributed by atoms with Crippen LogP contribution in [0.4, 0.5) is 13.2 Å². The Morgan fingerprint density at radius 3 is 2.18 bits per heavy atom. The van der Waals surface area contributed by atoms with Crippen LogP contribution in [-0.4, -0.2) is 29.2 Å². The molecular formula is C10H12F3NO3. The maximum atomic E-state index is 12.1. The lowest BCUT2D eigenvalue weighted by Gasteiger charge is -2.43. The first-order chi connectivity index (χ1) is 7.77. The van der Waals surface area contributed by atoms with Crippen molar-refractivity contribution in [2.45, 2.75) is 37.9 Å². The summed E-state index contributed by atoms with van der Waals surface area (Å²) in [4.78, 5) is 21.9. The van der Waals surface area contributed by atoms with Crippen LogP contribution < -0.4 is 5.32 Å². The van der Waals surface area contributed by atoms with Crippen molar-refractivity contribution < 1.29 is 27.9 Å². The van der Waals surface area contributed by atoms with E-state index in [2.05, 4.69) is 0 Å². The third-order valence-corrected chi connectivity index (χ3v) is 4.00. The molecule has 3 atom stereocenters. The zero-order valence-electron chi connectivity index (χ0n) is 8.88. The summed E-state index contributed by atoms with van der Waals surface area (Å²) in [6.45, 7) is 0. The third kappa shape index (κ3) is 1.77. The number of halogens is 3. The van der Waals surface area contributed by atoms with E-state index in [0.717, 1.165) is 0 Å². The van der Waals surface area contributed by atoms with Crippen molar-refractivity contribution in [3.63, 3.8) is 0 Å². The summed E-state index contributed by atoms with van der Waals surface area (Å²) >= 11 is 0. The molecule has 4 nitrogen and oxygen atoms in total. The highest BCUT2D eigenvalue weighted by Gasteiger charge is 2.60. The Morgan fingerprint density at radius 1 is 1.24 bits per heavy atom. The van der Waals surface area contributed by atoms with Crippen molar-refractivity contribution in [3.05, 3.63) is 0 Å². The quantitative estimate of drug-likeness (QED) is 0.777. The minimum Gasteiger partial charge on any atom is -0.481 e. The molecule has 0 aromatic carbocycles. The van der Waals surface area contributed by atoms with E-state index in [-0.39, 0.29) is 5.92 Å². The lowest BCUT2D eigenvalue weighted by atomic mass is 9.61. The second-order valence-electron chi connectivity index (χ2n) is 4.72. The number of amides is 1. The smallest absolute Gasteiger partial charge is 0.471 e.